The first-order chi connectivity index (χ1) is 12.2. The summed E-state index contributed by atoms with van der Waals surface area (Å²) in [5.74, 6) is -0.589. The molecular weight excluding hydrogens is 319 g/mol. The van der Waals surface area contributed by atoms with E-state index in [1.807, 2.05) is 18.2 Å². The van der Waals surface area contributed by atoms with E-state index in [-0.39, 0.29) is 11.7 Å². The molecule has 0 unspecified atom stereocenters. The van der Waals surface area contributed by atoms with Crippen molar-refractivity contribution in [2.75, 3.05) is 5.32 Å². The van der Waals surface area contributed by atoms with Crippen LogP contribution in [0, 0.1) is 5.82 Å². The molecule has 0 saturated heterocycles. The molecule has 6 heteroatoms. The number of anilines is 1. The maximum Gasteiger partial charge on any atom is 0.270 e. The Labute approximate surface area is 145 Å². The molecule has 5 nitrogen and oxygen atoms in total. The van der Waals surface area contributed by atoms with Crippen molar-refractivity contribution in [3.05, 3.63) is 89.8 Å². The molecule has 0 aliphatic carbocycles. The Morgan fingerprint density at radius 3 is 2.56 bits per heavy atom. The molecule has 0 bridgehead atoms. The summed E-state index contributed by atoms with van der Waals surface area (Å²) < 4.78 is 12.9. The lowest BCUT2D eigenvalue weighted by Gasteiger charge is -2.08. The van der Waals surface area contributed by atoms with Crippen LogP contribution in [0.25, 0.3) is 0 Å². The highest BCUT2D eigenvalue weighted by atomic mass is 19.1. The Morgan fingerprint density at radius 2 is 1.80 bits per heavy atom. The average molecular weight is 336 g/mol. The van der Waals surface area contributed by atoms with Gasteiger partial charge < -0.3 is 10.6 Å². The number of aromatic nitrogens is 2. The van der Waals surface area contributed by atoms with E-state index in [1.165, 1.54) is 12.1 Å². The van der Waals surface area contributed by atoms with Crippen molar-refractivity contribution in [2.45, 2.75) is 13.1 Å². The summed E-state index contributed by atoms with van der Waals surface area (Å²) in [6.45, 7) is 0.869. The van der Waals surface area contributed by atoms with E-state index in [0.717, 1.165) is 16.9 Å². The maximum atomic E-state index is 12.9. The van der Waals surface area contributed by atoms with Crippen molar-refractivity contribution in [1.82, 2.24) is 15.3 Å². The minimum Gasteiger partial charge on any atom is -0.379 e. The van der Waals surface area contributed by atoms with Crippen LogP contribution in [0.1, 0.15) is 21.7 Å². The Hall–Kier alpha value is -3.28. The zero-order valence-corrected chi connectivity index (χ0v) is 13.4. The number of amides is 1. The summed E-state index contributed by atoms with van der Waals surface area (Å²) in [6.07, 6.45) is 3.31. The highest BCUT2D eigenvalue weighted by Crippen LogP contribution is 2.10. The summed E-state index contributed by atoms with van der Waals surface area (Å²) in [4.78, 5) is 20.6. The van der Waals surface area contributed by atoms with Gasteiger partial charge in [-0.05, 0) is 42.0 Å². The first kappa shape index (κ1) is 16.6. The SMILES string of the molecule is O=C(NCc1ccc(F)cc1)c1cc(NCc2ccccn2)ccn1. The quantitative estimate of drug-likeness (QED) is 0.726. The molecule has 0 saturated carbocycles. The van der Waals surface area contributed by atoms with Crippen LogP contribution < -0.4 is 10.6 Å². The van der Waals surface area contributed by atoms with Gasteiger partial charge in [0.25, 0.3) is 5.91 Å². The number of benzene rings is 1. The third kappa shape index (κ3) is 4.84. The van der Waals surface area contributed by atoms with Gasteiger partial charge in [0.2, 0.25) is 0 Å². The predicted molar refractivity (Wildman–Crippen MR) is 93.4 cm³/mol. The topological polar surface area (TPSA) is 66.9 Å². The molecule has 0 aliphatic heterocycles. The van der Waals surface area contributed by atoms with E-state index >= 15 is 0 Å². The summed E-state index contributed by atoms with van der Waals surface area (Å²) in [5.41, 5.74) is 2.82. The second-order valence-corrected chi connectivity index (χ2v) is 5.41. The molecule has 1 aromatic carbocycles. The van der Waals surface area contributed by atoms with E-state index in [9.17, 15) is 9.18 Å². The van der Waals surface area contributed by atoms with Crippen LogP contribution >= 0.6 is 0 Å². The van der Waals surface area contributed by atoms with Gasteiger partial charge in [0, 0.05) is 24.6 Å². The lowest BCUT2D eigenvalue weighted by Crippen LogP contribution is -2.23. The highest BCUT2D eigenvalue weighted by Gasteiger charge is 2.08. The normalized spacial score (nSPS) is 10.3. The molecule has 126 valence electrons. The minimum atomic E-state index is -0.302. The van der Waals surface area contributed by atoms with Crippen molar-refractivity contribution in [3.63, 3.8) is 0 Å². The average Bonchev–Trinajstić information content (AvgIpc) is 2.67. The Balaban J connectivity index is 1.58. The minimum absolute atomic E-state index is 0.286. The van der Waals surface area contributed by atoms with Crippen molar-refractivity contribution < 1.29 is 9.18 Å². The third-order valence-electron chi connectivity index (χ3n) is 3.56. The maximum absolute atomic E-state index is 12.9. The van der Waals surface area contributed by atoms with Crippen LogP contribution in [0.3, 0.4) is 0 Å². The molecule has 0 aliphatic rings. The Morgan fingerprint density at radius 1 is 0.960 bits per heavy atom. The van der Waals surface area contributed by atoms with Crippen LogP contribution in [0.5, 0.6) is 0 Å². The molecule has 25 heavy (non-hydrogen) atoms. The summed E-state index contributed by atoms with van der Waals surface area (Å²) in [6, 6.07) is 15.2. The van der Waals surface area contributed by atoms with Gasteiger partial charge in [0.1, 0.15) is 11.5 Å². The van der Waals surface area contributed by atoms with Crippen molar-refractivity contribution in [1.29, 1.82) is 0 Å². The molecule has 2 aromatic heterocycles. The van der Waals surface area contributed by atoms with Gasteiger partial charge in [-0.15, -0.1) is 0 Å². The van der Waals surface area contributed by atoms with E-state index < -0.39 is 0 Å². The van der Waals surface area contributed by atoms with Crippen LogP contribution in [-0.4, -0.2) is 15.9 Å². The van der Waals surface area contributed by atoms with E-state index in [2.05, 4.69) is 20.6 Å². The largest absolute Gasteiger partial charge is 0.379 e. The molecule has 3 aromatic rings. The molecule has 2 heterocycles. The molecule has 0 fully saturated rings. The Bertz CT molecular complexity index is 838. The molecule has 0 atom stereocenters. The number of nitrogens with one attached hydrogen (secondary N) is 2. The van der Waals surface area contributed by atoms with Gasteiger partial charge in [-0.1, -0.05) is 18.2 Å². The fourth-order valence-electron chi connectivity index (χ4n) is 2.24. The van der Waals surface area contributed by atoms with Crippen molar-refractivity contribution >= 4 is 11.6 Å². The fraction of sp³-hybridized carbons (Fsp3) is 0.105. The molecule has 3 rings (SSSR count). The van der Waals surface area contributed by atoms with E-state index in [4.69, 9.17) is 0 Å². The lowest BCUT2D eigenvalue weighted by molar-refractivity contribution is 0.0946. The van der Waals surface area contributed by atoms with Crippen molar-refractivity contribution in [2.24, 2.45) is 0 Å². The number of halogens is 1. The number of nitrogens with zero attached hydrogens (tertiary/aromatic N) is 2. The standard InChI is InChI=1S/C19H17FN4O/c20-15-6-4-14(5-7-15)12-24-19(25)18-11-16(8-10-22-18)23-13-17-3-1-2-9-21-17/h1-11H,12-13H2,(H,22,23)(H,24,25). The van der Waals surface area contributed by atoms with Gasteiger partial charge >= 0.3 is 0 Å². The highest BCUT2D eigenvalue weighted by molar-refractivity contribution is 5.93. The molecule has 2 N–H and O–H groups in total. The molecule has 1 amide bonds. The summed E-state index contributed by atoms with van der Waals surface area (Å²) >= 11 is 0. The number of carbonyl (C=O) groups is 1. The van der Waals surface area contributed by atoms with Crippen LogP contribution in [0.2, 0.25) is 0 Å². The van der Waals surface area contributed by atoms with Gasteiger partial charge in [-0.25, -0.2) is 4.39 Å². The lowest BCUT2D eigenvalue weighted by atomic mass is 10.2. The second-order valence-electron chi connectivity index (χ2n) is 5.41. The Kier molecular flexibility index (Phi) is 5.31. The number of pyridine rings is 2. The van der Waals surface area contributed by atoms with Crippen LogP contribution in [-0.2, 0) is 13.1 Å². The smallest absolute Gasteiger partial charge is 0.270 e. The monoisotopic (exact) mass is 336 g/mol. The number of rotatable bonds is 6. The predicted octanol–water partition coefficient (Wildman–Crippen LogP) is 3.16. The fourth-order valence-corrected chi connectivity index (χ4v) is 2.24. The number of hydrogen-bond acceptors (Lipinski definition) is 4. The van der Waals surface area contributed by atoms with E-state index in [0.29, 0.717) is 18.8 Å². The zero-order chi connectivity index (χ0) is 17.5. The molecule has 0 radical (unpaired) electrons. The van der Waals surface area contributed by atoms with Gasteiger partial charge in [-0.2, -0.15) is 0 Å². The first-order valence-corrected chi connectivity index (χ1v) is 7.83. The summed E-state index contributed by atoms with van der Waals surface area (Å²) in [7, 11) is 0. The van der Waals surface area contributed by atoms with Gasteiger partial charge in [0.15, 0.2) is 0 Å². The first-order valence-electron chi connectivity index (χ1n) is 7.83. The van der Waals surface area contributed by atoms with Gasteiger partial charge in [0.05, 0.1) is 12.2 Å². The van der Waals surface area contributed by atoms with E-state index in [1.54, 1.807) is 36.7 Å². The number of hydrogen-bond donors (Lipinski definition) is 2. The van der Waals surface area contributed by atoms with Gasteiger partial charge in [-0.3, -0.25) is 14.8 Å². The zero-order valence-electron chi connectivity index (χ0n) is 13.4. The summed E-state index contributed by atoms with van der Waals surface area (Å²) in [5, 5.41) is 5.98. The second kappa shape index (κ2) is 8.01. The van der Waals surface area contributed by atoms with Crippen LogP contribution in [0.4, 0.5) is 10.1 Å². The molecule has 0 spiro atoms. The molecular formula is C19H17FN4O. The van der Waals surface area contributed by atoms with Crippen LogP contribution in [0.15, 0.2) is 67.0 Å². The number of carbonyl (C=O) groups excluding carboxylic acids is 1. The third-order valence-corrected chi connectivity index (χ3v) is 3.56. The van der Waals surface area contributed by atoms with Crippen molar-refractivity contribution in [3.8, 4) is 0 Å².